The molecule has 1 aliphatic heterocycles. The van der Waals surface area contributed by atoms with E-state index in [1.165, 1.54) is 41.6 Å². The second-order valence-electron chi connectivity index (χ2n) is 7.98. The van der Waals surface area contributed by atoms with Gasteiger partial charge in [-0.1, -0.05) is 44.9 Å². The number of nitrogens with one attached hydrogen (secondary N) is 1. The zero-order chi connectivity index (χ0) is 21.1. The van der Waals surface area contributed by atoms with Gasteiger partial charge in [0, 0.05) is 34.1 Å². The van der Waals surface area contributed by atoms with E-state index in [0.29, 0.717) is 5.69 Å². The molecule has 154 valence electrons. The first kappa shape index (κ1) is 20.0. The van der Waals surface area contributed by atoms with E-state index >= 15 is 0 Å². The standard InChI is InChI=1S/C24H26N4O2/c1-3-5-15-24(4-2)16-17-9-14-21(20-7-6-8-22(25-24)23(17)20)27-26-18-10-12-19(13-11-18)28(29)30/h6-14,25H,3-5,15-16H2,1-2H3. The third kappa shape index (κ3) is 3.77. The summed E-state index contributed by atoms with van der Waals surface area (Å²) in [5.41, 5.74) is 4.06. The first-order valence-corrected chi connectivity index (χ1v) is 10.5. The number of nitro groups is 1. The van der Waals surface area contributed by atoms with Crippen molar-refractivity contribution in [3.63, 3.8) is 0 Å². The fourth-order valence-electron chi connectivity index (χ4n) is 4.31. The summed E-state index contributed by atoms with van der Waals surface area (Å²) in [6, 6.07) is 16.6. The summed E-state index contributed by atoms with van der Waals surface area (Å²) in [6.45, 7) is 4.50. The Morgan fingerprint density at radius 1 is 1.07 bits per heavy atom. The van der Waals surface area contributed by atoms with Gasteiger partial charge in [0.15, 0.2) is 0 Å². The van der Waals surface area contributed by atoms with Crippen LogP contribution in [0.4, 0.5) is 22.7 Å². The molecular formula is C24H26N4O2. The Hall–Kier alpha value is -3.28. The molecule has 4 rings (SSSR count). The normalized spacial score (nSPS) is 17.9. The lowest BCUT2D eigenvalue weighted by Gasteiger charge is -2.40. The van der Waals surface area contributed by atoms with Crippen molar-refractivity contribution >= 4 is 33.5 Å². The van der Waals surface area contributed by atoms with Crippen molar-refractivity contribution in [3.8, 4) is 0 Å². The lowest BCUT2D eigenvalue weighted by atomic mass is 9.79. The van der Waals surface area contributed by atoms with Crippen LogP contribution in [-0.2, 0) is 6.42 Å². The average molecular weight is 402 g/mol. The van der Waals surface area contributed by atoms with Crippen molar-refractivity contribution in [1.82, 2.24) is 0 Å². The number of hydrogen-bond donors (Lipinski definition) is 1. The Morgan fingerprint density at radius 2 is 1.87 bits per heavy atom. The van der Waals surface area contributed by atoms with Crippen LogP contribution in [0.15, 0.2) is 64.8 Å². The number of nitrogens with zero attached hydrogens (tertiary/aromatic N) is 3. The molecule has 6 heteroatoms. The number of azo groups is 1. The summed E-state index contributed by atoms with van der Waals surface area (Å²) in [7, 11) is 0. The first-order chi connectivity index (χ1) is 14.5. The van der Waals surface area contributed by atoms with Crippen molar-refractivity contribution in [1.29, 1.82) is 0 Å². The van der Waals surface area contributed by atoms with Crippen molar-refractivity contribution in [3.05, 3.63) is 70.3 Å². The van der Waals surface area contributed by atoms with Crippen LogP contribution in [0.25, 0.3) is 10.8 Å². The first-order valence-electron chi connectivity index (χ1n) is 10.5. The van der Waals surface area contributed by atoms with Crippen LogP contribution in [0.1, 0.15) is 45.1 Å². The maximum atomic E-state index is 10.8. The van der Waals surface area contributed by atoms with Gasteiger partial charge in [-0.05, 0) is 49.1 Å². The molecule has 1 aliphatic rings. The summed E-state index contributed by atoms with van der Waals surface area (Å²) in [5.74, 6) is 0. The van der Waals surface area contributed by atoms with Crippen molar-refractivity contribution in [2.75, 3.05) is 5.32 Å². The highest BCUT2D eigenvalue weighted by atomic mass is 16.6. The van der Waals surface area contributed by atoms with Gasteiger partial charge in [-0.2, -0.15) is 5.11 Å². The van der Waals surface area contributed by atoms with E-state index in [1.54, 1.807) is 12.1 Å². The summed E-state index contributed by atoms with van der Waals surface area (Å²) in [6.07, 6.45) is 5.68. The molecule has 0 fully saturated rings. The SMILES string of the molecule is CCCCC1(CC)Cc2ccc(N=Nc3ccc([N+](=O)[O-])cc3)c3cccc(c23)N1. The Kier molecular flexibility index (Phi) is 5.48. The monoisotopic (exact) mass is 402 g/mol. The van der Waals surface area contributed by atoms with E-state index in [1.807, 2.05) is 6.07 Å². The number of unbranched alkanes of at least 4 members (excludes halogenated alkanes) is 1. The number of hydrogen-bond acceptors (Lipinski definition) is 5. The van der Waals surface area contributed by atoms with Crippen LogP contribution in [-0.4, -0.2) is 10.5 Å². The van der Waals surface area contributed by atoms with E-state index < -0.39 is 4.92 Å². The number of non-ortho nitro benzene ring substituents is 1. The van der Waals surface area contributed by atoms with Gasteiger partial charge in [-0.15, -0.1) is 5.11 Å². The largest absolute Gasteiger partial charge is 0.379 e. The summed E-state index contributed by atoms with van der Waals surface area (Å²) in [4.78, 5) is 10.4. The van der Waals surface area contributed by atoms with Crippen LogP contribution >= 0.6 is 0 Å². The van der Waals surface area contributed by atoms with Crippen LogP contribution < -0.4 is 5.32 Å². The molecule has 0 aromatic heterocycles. The van der Waals surface area contributed by atoms with Crippen molar-refractivity contribution in [2.24, 2.45) is 10.2 Å². The Morgan fingerprint density at radius 3 is 2.57 bits per heavy atom. The third-order valence-corrected chi connectivity index (χ3v) is 6.05. The van der Waals surface area contributed by atoms with Gasteiger partial charge < -0.3 is 5.32 Å². The molecule has 0 amide bonds. The minimum absolute atomic E-state index is 0.0455. The molecule has 0 spiro atoms. The highest BCUT2D eigenvalue weighted by Gasteiger charge is 2.33. The third-order valence-electron chi connectivity index (χ3n) is 6.05. The molecule has 0 radical (unpaired) electrons. The molecule has 1 unspecified atom stereocenters. The molecule has 1 heterocycles. The van der Waals surface area contributed by atoms with E-state index in [0.717, 1.165) is 30.3 Å². The van der Waals surface area contributed by atoms with Crippen LogP contribution in [0, 0.1) is 10.1 Å². The number of rotatable bonds is 7. The lowest BCUT2D eigenvalue weighted by Crippen LogP contribution is -2.42. The highest BCUT2D eigenvalue weighted by Crippen LogP contribution is 2.43. The number of anilines is 1. The van der Waals surface area contributed by atoms with Gasteiger partial charge in [0.1, 0.15) is 0 Å². The maximum Gasteiger partial charge on any atom is 0.269 e. The quantitative estimate of drug-likeness (QED) is 0.253. The topological polar surface area (TPSA) is 79.9 Å². The average Bonchev–Trinajstić information content (AvgIpc) is 2.77. The molecule has 0 saturated carbocycles. The Bertz CT molecular complexity index is 1090. The summed E-state index contributed by atoms with van der Waals surface area (Å²) in [5, 5.41) is 25.7. The molecule has 1 N–H and O–H groups in total. The lowest BCUT2D eigenvalue weighted by molar-refractivity contribution is -0.384. The van der Waals surface area contributed by atoms with Crippen LogP contribution in [0.3, 0.4) is 0 Å². The molecule has 1 atom stereocenters. The van der Waals surface area contributed by atoms with E-state index in [9.17, 15) is 10.1 Å². The zero-order valence-corrected chi connectivity index (χ0v) is 17.4. The van der Waals surface area contributed by atoms with Gasteiger partial charge in [-0.3, -0.25) is 10.1 Å². The van der Waals surface area contributed by atoms with Crippen LogP contribution in [0.5, 0.6) is 0 Å². The summed E-state index contributed by atoms with van der Waals surface area (Å²) >= 11 is 0. The Labute approximate surface area is 176 Å². The molecule has 0 bridgehead atoms. The second-order valence-corrected chi connectivity index (χ2v) is 7.98. The van der Waals surface area contributed by atoms with Gasteiger partial charge >= 0.3 is 0 Å². The molecule has 3 aromatic carbocycles. The molecule has 30 heavy (non-hydrogen) atoms. The predicted molar refractivity (Wildman–Crippen MR) is 121 cm³/mol. The maximum absolute atomic E-state index is 10.8. The summed E-state index contributed by atoms with van der Waals surface area (Å²) < 4.78 is 0. The van der Waals surface area contributed by atoms with Gasteiger partial charge in [0.25, 0.3) is 5.69 Å². The minimum atomic E-state index is -0.420. The fourth-order valence-corrected chi connectivity index (χ4v) is 4.31. The number of nitro benzene ring substituents is 1. The van der Waals surface area contributed by atoms with Crippen molar-refractivity contribution < 1.29 is 4.92 Å². The molecule has 3 aromatic rings. The molecule has 6 nitrogen and oxygen atoms in total. The predicted octanol–water partition coefficient (Wildman–Crippen LogP) is 7.47. The fraction of sp³-hybridized carbons (Fsp3) is 0.333. The van der Waals surface area contributed by atoms with Gasteiger partial charge in [0.2, 0.25) is 0 Å². The van der Waals surface area contributed by atoms with Gasteiger partial charge in [0.05, 0.1) is 16.3 Å². The molecular weight excluding hydrogens is 376 g/mol. The molecule has 0 saturated heterocycles. The van der Waals surface area contributed by atoms with E-state index in [-0.39, 0.29) is 11.2 Å². The second kappa shape index (κ2) is 8.22. The Balaban J connectivity index is 1.68. The molecule has 0 aliphatic carbocycles. The highest BCUT2D eigenvalue weighted by molar-refractivity contribution is 6.03. The smallest absolute Gasteiger partial charge is 0.269 e. The van der Waals surface area contributed by atoms with E-state index in [4.69, 9.17) is 0 Å². The van der Waals surface area contributed by atoms with Gasteiger partial charge in [-0.25, -0.2) is 0 Å². The number of benzene rings is 3. The zero-order valence-electron chi connectivity index (χ0n) is 17.4. The van der Waals surface area contributed by atoms with Crippen molar-refractivity contribution in [2.45, 2.75) is 51.5 Å². The minimum Gasteiger partial charge on any atom is -0.379 e. The van der Waals surface area contributed by atoms with E-state index in [2.05, 4.69) is 53.7 Å². The van der Waals surface area contributed by atoms with Crippen LogP contribution in [0.2, 0.25) is 0 Å².